The molecule has 1 fully saturated rings. The van der Waals surface area contributed by atoms with Crippen LogP contribution in [0.25, 0.3) is 0 Å². The van der Waals surface area contributed by atoms with E-state index in [4.69, 9.17) is 6.15 Å². The summed E-state index contributed by atoms with van der Waals surface area (Å²) in [5, 5.41) is 0. The van der Waals surface area contributed by atoms with Crippen molar-refractivity contribution >= 4 is 19.2 Å². The summed E-state index contributed by atoms with van der Waals surface area (Å²) in [5.41, 5.74) is 0. The van der Waals surface area contributed by atoms with E-state index in [1.807, 2.05) is 0 Å². The van der Waals surface area contributed by atoms with Crippen LogP contribution >= 0.6 is 0 Å². The molecule has 0 atom stereocenters. The van der Waals surface area contributed by atoms with E-state index in [1.165, 1.54) is 105 Å². The second kappa shape index (κ2) is 15.6. The standard InChI is InChI=1S/2C9H19O.C5H10.Sn/c2*1-3-5-7-9(10)8-6-4-2;1-3-5-4-2;/h2*9H,3-8H2,1-2H3;1-5H2;/q2*-1;;+2. The molecule has 26 heavy (non-hydrogen) atoms. The molecule has 0 amide bonds. The molecule has 2 nitrogen and oxygen atoms in total. The molecule has 0 aromatic heterocycles. The minimum absolute atomic E-state index is 0.488. The van der Waals surface area contributed by atoms with Crippen LogP contribution in [0.15, 0.2) is 0 Å². The van der Waals surface area contributed by atoms with E-state index in [0.717, 1.165) is 0 Å². The van der Waals surface area contributed by atoms with Gasteiger partial charge >= 0.3 is 170 Å². The SMILES string of the molecule is CCCCC(CCCC)[O][Sn]1([O]C(CCCC)CCCC)[CH2]CCC[CH2]1. The van der Waals surface area contributed by atoms with Crippen LogP contribution in [0.4, 0.5) is 0 Å². The number of rotatable bonds is 16. The number of hydrogen-bond donors (Lipinski definition) is 0. The van der Waals surface area contributed by atoms with Gasteiger partial charge in [-0.1, -0.05) is 0 Å². The summed E-state index contributed by atoms with van der Waals surface area (Å²) >= 11 is -2.89. The Morgan fingerprint density at radius 3 is 1.23 bits per heavy atom. The minimum atomic E-state index is -2.89. The van der Waals surface area contributed by atoms with E-state index in [1.54, 1.807) is 0 Å². The summed E-state index contributed by atoms with van der Waals surface area (Å²) in [4.78, 5) is 0. The second-order valence-corrected chi connectivity index (χ2v) is 17.9. The summed E-state index contributed by atoms with van der Waals surface area (Å²) in [6.45, 7) is 9.22. The summed E-state index contributed by atoms with van der Waals surface area (Å²) in [7, 11) is 0. The first kappa shape index (κ1) is 24.8. The molecule has 1 saturated heterocycles. The Balaban J connectivity index is 2.77. The van der Waals surface area contributed by atoms with E-state index in [0.29, 0.717) is 12.2 Å². The van der Waals surface area contributed by atoms with Gasteiger partial charge in [-0.05, 0) is 0 Å². The molecule has 0 bridgehead atoms. The van der Waals surface area contributed by atoms with Crippen molar-refractivity contribution in [2.45, 2.75) is 145 Å². The predicted octanol–water partition coefficient (Wildman–Crippen LogP) is 8.14. The van der Waals surface area contributed by atoms with Crippen LogP contribution in [0.5, 0.6) is 0 Å². The van der Waals surface area contributed by atoms with Crippen LogP contribution in [-0.2, 0) is 6.15 Å². The molecule has 0 saturated carbocycles. The molecule has 3 heteroatoms. The Labute approximate surface area is 170 Å². The molecule has 0 radical (unpaired) electrons. The molecule has 1 rings (SSSR count). The summed E-state index contributed by atoms with van der Waals surface area (Å²) in [5.74, 6) is 0. The summed E-state index contributed by atoms with van der Waals surface area (Å²) in [6, 6.07) is 0. The zero-order valence-electron chi connectivity index (χ0n) is 18.5. The predicted molar refractivity (Wildman–Crippen MR) is 117 cm³/mol. The Hall–Kier alpha value is 0.719. The maximum atomic E-state index is 7.06. The molecule has 0 unspecified atom stereocenters. The zero-order chi connectivity index (χ0) is 19.1. The van der Waals surface area contributed by atoms with Gasteiger partial charge in [-0.3, -0.25) is 0 Å². The maximum absolute atomic E-state index is 7.06. The molecule has 0 spiro atoms. The van der Waals surface area contributed by atoms with Gasteiger partial charge in [-0.2, -0.15) is 0 Å². The topological polar surface area (TPSA) is 18.5 Å². The van der Waals surface area contributed by atoms with E-state index in [9.17, 15) is 0 Å². The van der Waals surface area contributed by atoms with Crippen LogP contribution in [-0.4, -0.2) is 31.4 Å². The molecule has 156 valence electrons. The van der Waals surface area contributed by atoms with Gasteiger partial charge in [0.1, 0.15) is 0 Å². The van der Waals surface area contributed by atoms with Gasteiger partial charge in [0.15, 0.2) is 0 Å². The van der Waals surface area contributed by atoms with Crippen molar-refractivity contribution < 1.29 is 6.15 Å². The van der Waals surface area contributed by atoms with Crippen molar-refractivity contribution in [3.63, 3.8) is 0 Å². The van der Waals surface area contributed by atoms with E-state index in [2.05, 4.69) is 27.7 Å². The van der Waals surface area contributed by atoms with Gasteiger partial charge in [-0.15, -0.1) is 0 Å². The molecule has 0 N–H and O–H groups in total. The fraction of sp³-hybridized carbons (Fsp3) is 1.00. The van der Waals surface area contributed by atoms with Crippen LogP contribution in [0.2, 0.25) is 8.87 Å². The molecule has 0 aliphatic carbocycles. The van der Waals surface area contributed by atoms with E-state index in [-0.39, 0.29) is 0 Å². The molecular formula is C23H48O2Sn. The van der Waals surface area contributed by atoms with Crippen molar-refractivity contribution in [1.82, 2.24) is 0 Å². The van der Waals surface area contributed by atoms with Crippen LogP contribution in [0, 0.1) is 0 Å². The van der Waals surface area contributed by atoms with E-state index >= 15 is 0 Å². The Morgan fingerprint density at radius 2 is 0.923 bits per heavy atom. The third-order valence-corrected chi connectivity index (χ3v) is 16.6. The van der Waals surface area contributed by atoms with Crippen molar-refractivity contribution in [2.75, 3.05) is 0 Å². The molecule has 0 aromatic rings. The van der Waals surface area contributed by atoms with Gasteiger partial charge in [-0.25, -0.2) is 0 Å². The molecule has 1 aliphatic rings. The fourth-order valence-corrected chi connectivity index (χ4v) is 15.7. The van der Waals surface area contributed by atoms with Crippen molar-refractivity contribution in [2.24, 2.45) is 0 Å². The number of unbranched alkanes of at least 4 members (excludes halogenated alkanes) is 4. The molecule has 1 heterocycles. The monoisotopic (exact) mass is 476 g/mol. The van der Waals surface area contributed by atoms with Crippen molar-refractivity contribution in [3.05, 3.63) is 0 Å². The van der Waals surface area contributed by atoms with Crippen LogP contribution < -0.4 is 0 Å². The molecule has 1 aliphatic heterocycles. The summed E-state index contributed by atoms with van der Waals surface area (Å²) in [6.07, 6.45) is 20.5. The van der Waals surface area contributed by atoms with Crippen LogP contribution in [0.3, 0.4) is 0 Å². The second-order valence-electron chi connectivity index (χ2n) is 8.52. The zero-order valence-corrected chi connectivity index (χ0v) is 21.3. The first-order valence-electron chi connectivity index (χ1n) is 12.0. The van der Waals surface area contributed by atoms with Crippen molar-refractivity contribution in [3.8, 4) is 0 Å². The average Bonchev–Trinajstić information content (AvgIpc) is 2.66. The van der Waals surface area contributed by atoms with E-state index < -0.39 is 19.2 Å². The Kier molecular flexibility index (Phi) is 14.9. The quantitative estimate of drug-likeness (QED) is 0.210. The fourth-order valence-electron chi connectivity index (χ4n) is 4.21. The molecular weight excluding hydrogens is 427 g/mol. The number of hydrogen-bond acceptors (Lipinski definition) is 2. The first-order valence-corrected chi connectivity index (χ1v) is 18.4. The van der Waals surface area contributed by atoms with Crippen molar-refractivity contribution in [1.29, 1.82) is 0 Å². The Bertz CT molecular complexity index is 275. The van der Waals surface area contributed by atoms with Gasteiger partial charge in [0, 0.05) is 0 Å². The molecule has 0 aromatic carbocycles. The van der Waals surface area contributed by atoms with Crippen LogP contribution in [0.1, 0.15) is 124 Å². The first-order chi connectivity index (χ1) is 12.7. The summed E-state index contributed by atoms with van der Waals surface area (Å²) < 4.78 is 16.8. The third kappa shape index (κ3) is 10.3. The third-order valence-electron chi connectivity index (χ3n) is 5.90. The van der Waals surface area contributed by atoms with Gasteiger partial charge in [0.05, 0.1) is 0 Å². The Morgan fingerprint density at radius 1 is 0.577 bits per heavy atom. The van der Waals surface area contributed by atoms with Gasteiger partial charge in [0.2, 0.25) is 0 Å². The average molecular weight is 475 g/mol. The van der Waals surface area contributed by atoms with Gasteiger partial charge in [0.25, 0.3) is 0 Å². The van der Waals surface area contributed by atoms with Gasteiger partial charge < -0.3 is 0 Å². The normalized spacial score (nSPS) is 17.3.